The second kappa shape index (κ2) is 10.1. The van der Waals surface area contributed by atoms with Crippen molar-refractivity contribution in [2.75, 3.05) is 11.5 Å². The minimum absolute atomic E-state index is 0.0255. The number of thiazole rings is 1. The van der Waals surface area contributed by atoms with E-state index in [1.165, 1.54) is 16.2 Å². The lowest BCUT2D eigenvalue weighted by atomic mass is 9.75. The zero-order chi connectivity index (χ0) is 22.7. The molecule has 0 spiro atoms. The van der Waals surface area contributed by atoms with Crippen LogP contribution < -0.4 is 4.90 Å². The molecule has 1 saturated carbocycles. The predicted octanol–water partition coefficient (Wildman–Crippen LogP) is 5.01. The average Bonchev–Trinajstić information content (AvgIpc) is 3.46. The smallest absolute Gasteiger partial charge is 0.304 e. The minimum atomic E-state index is -0.979. The topological polar surface area (TPSA) is 90.7 Å². The van der Waals surface area contributed by atoms with Gasteiger partial charge >= 0.3 is 5.97 Å². The van der Waals surface area contributed by atoms with Gasteiger partial charge in [0.1, 0.15) is 0 Å². The first kappa shape index (κ1) is 23.0. The zero-order valence-electron chi connectivity index (χ0n) is 17.7. The maximum Gasteiger partial charge on any atom is 0.304 e. The monoisotopic (exact) mass is 474 g/mol. The Hall–Kier alpha value is -2.22. The number of carboxylic acid groups (broad SMARTS) is 1. The molecule has 1 aliphatic heterocycles. The number of halogens is 1. The van der Waals surface area contributed by atoms with Crippen LogP contribution >= 0.6 is 22.9 Å². The molecule has 32 heavy (non-hydrogen) atoms. The number of benzene rings is 1. The first-order valence-electron chi connectivity index (χ1n) is 11.0. The molecule has 6 nitrogen and oxygen atoms in total. The summed E-state index contributed by atoms with van der Waals surface area (Å²) in [5.41, 5.74) is 1.41. The second-order valence-electron chi connectivity index (χ2n) is 8.53. The normalized spacial score (nSPS) is 24.5. The van der Waals surface area contributed by atoms with Gasteiger partial charge in [0, 0.05) is 16.0 Å². The molecular weight excluding hydrogens is 448 g/mol. The summed E-state index contributed by atoms with van der Waals surface area (Å²) in [5.74, 6) is -1.58. The van der Waals surface area contributed by atoms with E-state index in [1.54, 1.807) is 6.07 Å². The first-order valence-corrected chi connectivity index (χ1v) is 12.3. The number of amides is 1. The number of carbonyl (C=O) groups is 2. The fraction of sp³-hybridized carbons (Fsp3) is 0.458. The molecule has 1 aliphatic carbocycles. The summed E-state index contributed by atoms with van der Waals surface area (Å²) in [5, 5.41) is 22.5. The van der Waals surface area contributed by atoms with E-state index in [0.29, 0.717) is 28.2 Å². The number of aliphatic hydroxyl groups is 1. The Bertz CT molecular complexity index is 1000. The number of nitrogens with zero attached hydrogens (tertiary/aromatic N) is 2. The molecule has 3 atom stereocenters. The minimum Gasteiger partial charge on any atom is -0.481 e. The lowest BCUT2D eigenvalue weighted by Crippen LogP contribution is -2.48. The molecule has 170 valence electrons. The SMILES string of the molecule is O=C(O)C[C@@H]1C(=O)N(c2nc(-c3ccccc3Cl)cs2)[C@@H](CO)C=CC[C@H]1C1CCCC1. The molecule has 0 saturated heterocycles. The Morgan fingerprint density at radius 1 is 1.25 bits per heavy atom. The van der Waals surface area contributed by atoms with E-state index >= 15 is 0 Å². The van der Waals surface area contributed by atoms with Gasteiger partial charge in [0.2, 0.25) is 5.91 Å². The van der Waals surface area contributed by atoms with E-state index in [0.717, 1.165) is 31.2 Å². The van der Waals surface area contributed by atoms with Crippen molar-refractivity contribution < 1.29 is 19.8 Å². The third-order valence-corrected chi connectivity index (χ3v) is 7.77. The van der Waals surface area contributed by atoms with Gasteiger partial charge in [0.05, 0.1) is 30.7 Å². The Labute approximate surface area is 196 Å². The largest absolute Gasteiger partial charge is 0.481 e. The van der Waals surface area contributed by atoms with Crippen LogP contribution in [0.25, 0.3) is 11.3 Å². The lowest BCUT2D eigenvalue weighted by Gasteiger charge is -2.37. The highest BCUT2D eigenvalue weighted by molar-refractivity contribution is 7.14. The molecule has 0 bridgehead atoms. The number of allylic oxidation sites excluding steroid dienone is 1. The van der Waals surface area contributed by atoms with Gasteiger partial charge in [-0.25, -0.2) is 4.98 Å². The summed E-state index contributed by atoms with van der Waals surface area (Å²) >= 11 is 7.62. The van der Waals surface area contributed by atoms with Crippen LogP contribution in [0.5, 0.6) is 0 Å². The van der Waals surface area contributed by atoms with Crippen LogP contribution in [0.2, 0.25) is 5.02 Å². The van der Waals surface area contributed by atoms with Crippen molar-refractivity contribution in [2.45, 2.75) is 44.6 Å². The van der Waals surface area contributed by atoms with Crippen LogP contribution in [0.15, 0.2) is 41.8 Å². The molecule has 2 aromatic rings. The van der Waals surface area contributed by atoms with Crippen molar-refractivity contribution in [1.29, 1.82) is 0 Å². The van der Waals surface area contributed by atoms with Crippen molar-refractivity contribution >= 4 is 39.9 Å². The fourth-order valence-corrected chi connectivity index (χ4v) is 6.17. The molecule has 1 fully saturated rings. The van der Waals surface area contributed by atoms with Gasteiger partial charge in [-0.1, -0.05) is 67.6 Å². The van der Waals surface area contributed by atoms with Gasteiger partial charge in [-0.15, -0.1) is 11.3 Å². The molecule has 1 aromatic carbocycles. The number of aliphatic hydroxyl groups excluding tert-OH is 1. The summed E-state index contributed by atoms with van der Waals surface area (Å²) in [4.78, 5) is 31.7. The first-order chi connectivity index (χ1) is 15.5. The number of carboxylic acids is 1. The summed E-state index contributed by atoms with van der Waals surface area (Å²) in [6.45, 7) is -0.267. The number of hydrogen-bond donors (Lipinski definition) is 2. The maximum atomic E-state index is 13.8. The van der Waals surface area contributed by atoms with Gasteiger partial charge in [-0.2, -0.15) is 0 Å². The van der Waals surface area contributed by atoms with Gasteiger partial charge in [-0.3, -0.25) is 14.5 Å². The summed E-state index contributed by atoms with van der Waals surface area (Å²) in [6.07, 6.45) is 8.59. The fourth-order valence-electron chi connectivity index (χ4n) is 5.05. The molecule has 1 aromatic heterocycles. The average molecular weight is 475 g/mol. The van der Waals surface area contributed by atoms with E-state index in [2.05, 4.69) is 4.98 Å². The van der Waals surface area contributed by atoms with Gasteiger partial charge < -0.3 is 10.2 Å². The van der Waals surface area contributed by atoms with Crippen molar-refractivity contribution in [2.24, 2.45) is 17.8 Å². The molecule has 4 rings (SSSR count). The van der Waals surface area contributed by atoms with Crippen molar-refractivity contribution in [1.82, 2.24) is 4.98 Å². The number of rotatable bonds is 6. The Morgan fingerprint density at radius 2 is 2.00 bits per heavy atom. The Morgan fingerprint density at radius 3 is 2.69 bits per heavy atom. The molecule has 0 unspecified atom stereocenters. The highest BCUT2D eigenvalue weighted by Crippen LogP contribution is 2.42. The van der Waals surface area contributed by atoms with Crippen LogP contribution in [-0.4, -0.2) is 39.7 Å². The molecule has 1 amide bonds. The van der Waals surface area contributed by atoms with E-state index < -0.39 is 17.9 Å². The third kappa shape index (κ3) is 4.75. The van der Waals surface area contributed by atoms with E-state index in [4.69, 9.17) is 11.6 Å². The molecule has 2 heterocycles. The highest BCUT2D eigenvalue weighted by Gasteiger charge is 2.41. The van der Waals surface area contributed by atoms with Gasteiger partial charge in [0.15, 0.2) is 5.13 Å². The molecule has 8 heteroatoms. The zero-order valence-corrected chi connectivity index (χ0v) is 19.3. The maximum absolute atomic E-state index is 13.8. The van der Waals surface area contributed by atoms with Gasteiger partial charge in [0.25, 0.3) is 0 Å². The van der Waals surface area contributed by atoms with E-state index in [9.17, 15) is 19.8 Å². The van der Waals surface area contributed by atoms with E-state index in [-0.39, 0.29) is 24.9 Å². The standard InChI is InChI=1S/C24H27ClN2O4S/c25-20-11-4-3-9-18(20)21-14-32-24(26-21)27-16(13-28)8-5-10-17(15-6-1-2-7-15)19(23(27)31)12-22(29)30/h3-5,8-9,11,14-17,19,28H,1-2,6-7,10,12-13H2,(H,29,30)/t16-,17+,19+/m1/s1. The van der Waals surface area contributed by atoms with E-state index in [1.807, 2.05) is 35.7 Å². The summed E-state index contributed by atoms with van der Waals surface area (Å²) < 4.78 is 0. The number of aliphatic carboxylic acids is 1. The molecular formula is C24H27ClN2O4S. The lowest BCUT2D eigenvalue weighted by molar-refractivity contribution is -0.142. The van der Waals surface area contributed by atoms with Crippen LogP contribution in [0, 0.1) is 17.8 Å². The molecule has 2 aliphatic rings. The quantitative estimate of drug-likeness (QED) is 0.574. The number of hydrogen-bond acceptors (Lipinski definition) is 5. The third-order valence-electron chi connectivity index (χ3n) is 6.60. The Kier molecular flexibility index (Phi) is 7.28. The highest BCUT2D eigenvalue weighted by atomic mass is 35.5. The summed E-state index contributed by atoms with van der Waals surface area (Å²) in [6, 6.07) is 6.77. The molecule has 2 N–H and O–H groups in total. The number of carbonyl (C=O) groups excluding carboxylic acids is 1. The van der Waals surface area contributed by atoms with Crippen LogP contribution in [-0.2, 0) is 9.59 Å². The Balaban J connectivity index is 1.73. The predicted molar refractivity (Wildman–Crippen MR) is 126 cm³/mol. The number of aromatic nitrogens is 1. The summed E-state index contributed by atoms with van der Waals surface area (Å²) in [7, 11) is 0. The van der Waals surface area contributed by atoms with Crippen molar-refractivity contribution in [3.63, 3.8) is 0 Å². The van der Waals surface area contributed by atoms with Crippen LogP contribution in [0.1, 0.15) is 38.5 Å². The second-order valence-corrected chi connectivity index (χ2v) is 9.77. The number of anilines is 1. The van der Waals surface area contributed by atoms with Crippen molar-refractivity contribution in [3.8, 4) is 11.3 Å². The van der Waals surface area contributed by atoms with Crippen LogP contribution in [0.3, 0.4) is 0 Å². The molecule has 0 radical (unpaired) electrons. The van der Waals surface area contributed by atoms with Crippen LogP contribution in [0.4, 0.5) is 5.13 Å². The van der Waals surface area contributed by atoms with Crippen molar-refractivity contribution in [3.05, 3.63) is 46.8 Å². The van der Waals surface area contributed by atoms with Gasteiger partial charge in [-0.05, 0) is 24.3 Å².